The first kappa shape index (κ1) is 13.9. The average molecular weight is 270 g/mol. The van der Waals surface area contributed by atoms with Gasteiger partial charge in [-0.05, 0) is 61.5 Å². The Kier molecular flexibility index (Phi) is 3.70. The molecule has 3 rings (SSSR count). The molecule has 20 heavy (non-hydrogen) atoms. The van der Waals surface area contributed by atoms with Crippen molar-refractivity contribution in [2.24, 2.45) is 11.3 Å². The maximum atomic E-state index is 12.7. The highest BCUT2D eigenvalue weighted by molar-refractivity contribution is 5.98. The van der Waals surface area contributed by atoms with Gasteiger partial charge in [0, 0.05) is 11.5 Å². The van der Waals surface area contributed by atoms with E-state index in [1.165, 1.54) is 37.7 Å². The Morgan fingerprint density at radius 3 is 2.40 bits per heavy atom. The molecule has 0 N–H and O–H groups in total. The molecule has 0 aromatic heterocycles. The molecule has 0 atom stereocenters. The van der Waals surface area contributed by atoms with Crippen molar-refractivity contribution >= 4 is 5.78 Å². The highest BCUT2D eigenvalue weighted by Gasteiger charge is 2.31. The van der Waals surface area contributed by atoms with Crippen LogP contribution in [0.25, 0.3) is 0 Å². The summed E-state index contributed by atoms with van der Waals surface area (Å²) in [5, 5.41) is 0. The number of hydrogen-bond donors (Lipinski definition) is 0. The molecule has 0 heterocycles. The zero-order valence-electron chi connectivity index (χ0n) is 12.8. The summed E-state index contributed by atoms with van der Waals surface area (Å²) in [6.45, 7) is 4.65. The van der Waals surface area contributed by atoms with E-state index in [2.05, 4.69) is 32.0 Å². The quantitative estimate of drug-likeness (QED) is 0.676. The first-order valence-electron chi connectivity index (χ1n) is 8.19. The minimum absolute atomic E-state index is 0.264. The molecule has 2 saturated carbocycles. The van der Waals surface area contributed by atoms with Crippen LogP contribution in [-0.4, -0.2) is 5.78 Å². The molecule has 1 aromatic rings. The largest absolute Gasteiger partial charge is 0.294 e. The van der Waals surface area contributed by atoms with Gasteiger partial charge in [-0.25, -0.2) is 0 Å². The number of benzene rings is 1. The lowest BCUT2D eigenvalue weighted by Crippen LogP contribution is -2.26. The summed E-state index contributed by atoms with van der Waals surface area (Å²) in [6, 6.07) is 8.47. The smallest absolute Gasteiger partial charge is 0.165 e. The van der Waals surface area contributed by atoms with Crippen LogP contribution in [0, 0.1) is 11.3 Å². The van der Waals surface area contributed by atoms with E-state index in [0.29, 0.717) is 17.1 Å². The zero-order chi connectivity index (χ0) is 14.2. The van der Waals surface area contributed by atoms with E-state index < -0.39 is 0 Å². The highest BCUT2D eigenvalue weighted by atomic mass is 16.1. The molecule has 108 valence electrons. The number of carbonyl (C=O) groups excluding carboxylic acids is 1. The summed E-state index contributed by atoms with van der Waals surface area (Å²) in [5.74, 6) is 1.37. The monoisotopic (exact) mass is 270 g/mol. The summed E-state index contributed by atoms with van der Waals surface area (Å²) >= 11 is 0. The Morgan fingerprint density at radius 2 is 1.80 bits per heavy atom. The fourth-order valence-electron chi connectivity index (χ4n) is 3.58. The Balaban J connectivity index is 1.71. The molecule has 0 amide bonds. The van der Waals surface area contributed by atoms with Crippen molar-refractivity contribution in [1.29, 1.82) is 0 Å². The van der Waals surface area contributed by atoms with E-state index in [1.807, 2.05) is 6.07 Å². The van der Waals surface area contributed by atoms with Gasteiger partial charge in [0.15, 0.2) is 5.78 Å². The van der Waals surface area contributed by atoms with Crippen LogP contribution in [0.2, 0.25) is 0 Å². The standard InChI is InChI=1S/C19H26O/c1-19(2)11-9-15(10-12-19)18(20)17-8-4-7-16(13-17)14-5-3-6-14/h4,7-8,13-15H,3,5-6,9-12H2,1-2H3. The van der Waals surface area contributed by atoms with Crippen molar-refractivity contribution in [3.05, 3.63) is 35.4 Å². The number of Topliss-reactive ketones (excluding diaryl/α,β-unsaturated/α-hetero) is 1. The maximum Gasteiger partial charge on any atom is 0.165 e. The second-order valence-electron chi connectivity index (χ2n) is 7.56. The van der Waals surface area contributed by atoms with Gasteiger partial charge in [-0.15, -0.1) is 0 Å². The maximum absolute atomic E-state index is 12.7. The Bertz CT molecular complexity index is 486. The lowest BCUT2D eigenvalue weighted by molar-refractivity contribution is 0.0838. The van der Waals surface area contributed by atoms with E-state index in [1.54, 1.807) is 0 Å². The molecule has 0 saturated heterocycles. The third-order valence-corrected chi connectivity index (χ3v) is 5.46. The van der Waals surface area contributed by atoms with E-state index in [0.717, 1.165) is 18.4 Å². The van der Waals surface area contributed by atoms with Gasteiger partial charge >= 0.3 is 0 Å². The van der Waals surface area contributed by atoms with Gasteiger partial charge < -0.3 is 0 Å². The number of hydrogen-bond acceptors (Lipinski definition) is 1. The molecule has 1 heteroatoms. The number of ketones is 1. The van der Waals surface area contributed by atoms with Crippen LogP contribution in [0.15, 0.2) is 24.3 Å². The second-order valence-corrected chi connectivity index (χ2v) is 7.56. The van der Waals surface area contributed by atoms with Gasteiger partial charge in [0.2, 0.25) is 0 Å². The van der Waals surface area contributed by atoms with Crippen molar-refractivity contribution in [3.63, 3.8) is 0 Å². The van der Waals surface area contributed by atoms with Gasteiger partial charge in [-0.3, -0.25) is 4.79 Å². The fraction of sp³-hybridized carbons (Fsp3) is 0.632. The summed E-state index contributed by atoms with van der Waals surface area (Å²) in [5.41, 5.74) is 2.78. The molecule has 0 aliphatic heterocycles. The van der Waals surface area contributed by atoms with Crippen LogP contribution in [0.4, 0.5) is 0 Å². The summed E-state index contributed by atoms with van der Waals surface area (Å²) < 4.78 is 0. The first-order chi connectivity index (χ1) is 9.55. The van der Waals surface area contributed by atoms with Crippen molar-refractivity contribution in [2.45, 2.75) is 64.7 Å². The lowest BCUT2D eigenvalue weighted by atomic mass is 9.71. The van der Waals surface area contributed by atoms with E-state index >= 15 is 0 Å². The molecular weight excluding hydrogens is 244 g/mol. The lowest BCUT2D eigenvalue weighted by Gasteiger charge is -2.33. The van der Waals surface area contributed by atoms with E-state index in [4.69, 9.17) is 0 Å². The highest BCUT2D eigenvalue weighted by Crippen LogP contribution is 2.40. The van der Waals surface area contributed by atoms with Crippen LogP contribution < -0.4 is 0 Å². The number of rotatable bonds is 3. The molecule has 0 spiro atoms. The van der Waals surface area contributed by atoms with Gasteiger partial charge in [-0.1, -0.05) is 38.5 Å². The van der Waals surface area contributed by atoms with Gasteiger partial charge in [0.25, 0.3) is 0 Å². The van der Waals surface area contributed by atoms with Crippen molar-refractivity contribution in [3.8, 4) is 0 Å². The molecule has 0 unspecified atom stereocenters. The first-order valence-corrected chi connectivity index (χ1v) is 8.19. The molecule has 2 aliphatic rings. The van der Waals surface area contributed by atoms with Crippen LogP contribution in [-0.2, 0) is 0 Å². The van der Waals surface area contributed by atoms with Crippen molar-refractivity contribution in [1.82, 2.24) is 0 Å². The average Bonchev–Trinajstić information content (AvgIpc) is 2.36. The SMILES string of the molecule is CC1(C)CCC(C(=O)c2cccc(C3CCC3)c2)CC1. The van der Waals surface area contributed by atoms with Crippen LogP contribution in [0.3, 0.4) is 0 Å². The molecule has 1 nitrogen and oxygen atoms in total. The summed E-state index contributed by atoms with van der Waals surface area (Å²) in [7, 11) is 0. The summed E-state index contributed by atoms with van der Waals surface area (Å²) in [4.78, 5) is 12.7. The molecular formula is C19H26O. The predicted molar refractivity (Wildman–Crippen MR) is 83.1 cm³/mol. The number of carbonyl (C=O) groups is 1. The van der Waals surface area contributed by atoms with Crippen molar-refractivity contribution in [2.75, 3.05) is 0 Å². The van der Waals surface area contributed by atoms with Gasteiger partial charge in [0.1, 0.15) is 0 Å². The topological polar surface area (TPSA) is 17.1 Å². The van der Waals surface area contributed by atoms with E-state index in [-0.39, 0.29) is 5.92 Å². The third-order valence-electron chi connectivity index (χ3n) is 5.46. The zero-order valence-corrected chi connectivity index (χ0v) is 12.8. The van der Waals surface area contributed by atoms with Gasteiger partial charge in [-0.2, -0.15) is 0 Å². The Morgan fingerprint density at radius 1 is 1.10 bits per heavy atom. The minimum atomic E-state index is 0.264. The Hall–Kier alpha value is -1.11. The molecule has 1 aromatic carbocycles. The van der Waals surface area contributed by atoms with Crippen LogP contribution in [0.1, 0.15) is 80.6 Å². The predicted octanol–water partition coefficient (Wildman–Crippen LogP) is 5.35. The molecule has 2 aliphatic carbocycles. The molecule has 0 radical (unpaired) electrons. The van der Waals surface area contributed by atoms with E-state index in [9.17, 15) is 4.79 Å². The normalized spacial score (nSPS) is 23.3. The van der Waals surface area contributed by atoms with Crippen LogP contribution in [0.5, 0.6) is 0 Å². The van der Waals surface area contributed by atoms with Gasteiger partial charge in [0.05, 0.1) is 0 Å². The van der Waals surface area contributed by atoms with Crippen molar-refractivity contribution < 1.29 is 4.79 Å². The Labute approximate surface area is 122 Å². The second kappa shape index (κ2) is 5.35. The summed E-state index contributed by atoms with van der Waals surface area (Å²) in [6.07, 6.45) is 8.46. The third kappa shape index (κ3) is 2.82. The minimum Gasteiger partial charge on any atom is -0.294 e. The van der Waals surface area contributed by atoms with Crippen LogP contribution >= 0.6 is 0 Å². The molecule has 2 fully saturated rings. The fourth-order valence-corrected chi connectivity index (χ4v) is 3.58. The molecule has 0 bridgehead atoms.